The number of nitrogens with zero attached hydrogens (tertiary/aromatic N) is 2. The number of phenolic OH excluding ortho intramolecular Hbond substituents is 1. The number of rotatable bonds is 5. The van der Waals surface area contributed by atoms with Crippen LogP contribution in [0.3, 0.4) is 0 Å². The molecule has 0 fully saturated rings. The van der Waals surface area contributed by atoms with Crippen LogP contribution in [0.1, 0.15) is 24.7 Å². The van der Waals surface area contributed by atoms with Crippen molar-refractivity contribution in [3.8, 4) is 17.2 Å². The van der Waals surface area contributed by atoms with Gasteiger partial charge >= 0.3 is 0 Å². The zero-order valence-corrected chi connectivity index (χ0v) is 11.3. The van der Waals surface area contributed by atoms with Gasteiger partial charge in [-0.25, -0.2) is 0 Å². The van der Waals surface area contributed by atoms with Crippen LogP contribution >= 0.6 is 11.8 Å². The highest BCUT2D eigenvalue weighted by molar-refractivity contribution is 7.98. The molecule has 0 unspecified atom stereocenters. The fourth-order valence-corrected chi connectivity index (χ4v) is 2.28. The highest BCUT2D eigenvalue weighted by atomic mass is 32.2. The predicted octanol–water partition coefficient (Wildman–Crippen LogP) is 3.39. The van der Waals surface area contributed by atoms with E-state index in [1.807, 2.05) is 19.1 Å². The van der Waals surface area contributed by atoms with Gasteiger partial charge in [0.25, 0.3) is 5.89 Å². The number of thioether (sulfide) groups is 1. The summed E-state index contributed by atoms with van der Waals surface area (Å²) in [6.45, 7) is 4.09. The van der Waals surface area contributed by atoms with Gasteiger partial charge in [0.05, 0.1) is 11.3 Å². The molecular formula is C13H16N2O2S. The van der Waals surface area contributed by atoms with Crippen LogP contribution in [0.25, 0.3) is 11.5 Å². The van der Waals surface area contributed by atoms with E-state index in [1.165, 1.54) is 0 Å². The summed E-state index contributed by atoms with van der Waals surface area (Å²) in [6, 6.07) is 5.32. The number of aromatic nitrogens is 2. The molecule has 1 aromatic heterocycles. The minimum atomic E-state index is 0.164. The lowest BCUT2D eigenvalue weighted by atomic mass is 10.1. The van der Waals surface area contributed by atoms with Crippen molar-refractivity contribution in [2.45, 2.75) is 26.0 Å². The summed E-state index contributed by atoms with van der Waals surface area (Å²) in [6.07, 6.45) is 1.13. The molecule has 4 nitrogen and oxygen atoms in total. The molecule has 1 heterocycles. The highest BCUT2D eigenvalue weighted by Gasteiger charge is 2.12. The van der Waals surface area contributed by atoms with E-state index in [9.17, 15) is 5.11 Å². The summed E-state index contributed by atoms with van der Waals surface area (Å²) in [5.74, 6) is 3.04. The summed E-state index contributed by atoms with van der Waals surface area (Å²) in [7, 11) is 0. The quantitative estimate of drug-likeness (QED) is 0.839. The molecule has 0 aliphatic carbocycles. The van der Waals surface area contributed by atoms with Crippen molar-refractivity contribution in [1.29, 1.82) is 0 Å². The number of hydrogen-bond acceptors (Lipinski definition) is 5. The molecule has 0 aliphatic rings. The van der Waals surface area contributed by atoms with E-state index in [0.717, 1.165) is 23.5 Å². The minimum Gasteiger partial charge on any atom is -0.507 e. The molecule has 0 atom stereocenters. The highest BCUT2D eigenvalue weighted by Crippen LogP contribution is 2.28. The monoisotopic (exact) mass is 264 g/mol. The molecule has 0 bridgehead atoms. The normalized spacial score (nSPS) is 10.8. The lowest BCUT2D eigenvalue weighted by Gasteiger charge is -2.00. The molecule has 96 valence electrons. The Morgan fingerprint density at radius 3 is 3.00 bits per heavy atom. The SMILES string of the molecule is CCCSCc1noc(-c2cc(C)ccc2O)n1. The van der Waals surface area contributed by atoms with Gasteiger partial charge in [0, 0.05) is 0 Å². The van der Waals surface area contributed by atoms with E-state index in [-0.39, 0.29) is 5.75 Å². The second kappa shape index (κ2) is 5.91. The fourth-order valence-electron chi connectivity index (χ4n) is 1.55. The molecule has 1 aromatic carbocycles. The third-order valence-electron chi connectivity index (χ3n) is 2.43. The zero-order chi connectivity index (χ0) is 13.0. The molecule has 2 rings (SSSR count). The molecule has 18 heavy (non-hydrogen) atoms. The van der Waals surface area contributed by atoms with Crippen LogP contribution in [0.4, 0.5) is 0 Å². The Labute approximate surface area is 110 Å². The van der Waals surface area contributed by atoms with Crippen LogP contribution in [0.5, 0.6) is 5.75 Å². The Balaban J connectivity index is 2.16. The summed E-state index contributed by atoms with van der Waals surface area (Å²) < 4.78 is 5.18. The van der Waals surface area contributed by atoms with Gasteiger partial charge in [0.2, 0.25) is 0 Å². The van der Waals surface area contributed by atoms with Crippen LogP contribution in [0.15, 0.2) is 22.7 Å². The van der Waals surface area contributed by atoms with Gasteiger partial charge in [-0.2, -0.15) is 16.7 Å². The summed E-state index contributed by atoms with van der Waals surface area (Å²) in [5, 5.41) is 13.7. The van der Waals surface area contributed by atoms with Gasteiger partial charge in [0.15, 0.2) is 5.82 Å². The van der Waals surface area contributed by atoms with Crippen molar-refractivity contribution in [2.75, 3.05) is 5.75 Å². The van der Waals surface area contributed by atoms with Crippen molar-refractivity contribution in [2.24, 2.45) is 0 Å². The molecular weight excluding hydrogens is 248 g/mol. The lowest BCUT2D eigenvalue weighted by molar-refractivity contribution is 0.419. The van der Waals surface area contributed by atoms with Gasteiger partial charge in [0.1, 0.15) is 5.75 Å². The van der Waals surface area contributed by atoms with Gasteiger partial charge in [-0.05, 0) is 31.2 Å². The first-order valence-electron chi connectivity index (χ1n) is 5.91. The number of aryl methyl sites for hydroxylation is 1. The zero-order valence-electron chi connectivity index (χ0n) is 10.5. The van der Waals surface area contributed by atoms with Crippen LogP contribution in [-0.2, 0) is 5.75 Å². The number of benzene rings is 1. The van der Waals surface area contributed by atoms with Crippen LogP contribution in [0.2, 0.25) is 0 Å². The third-order valence-corrected chi connectivity index (χ3v) is 3.59. The van der Waals surface area contributed by atoms with Crippen LogP contribution in [0, 0.1) is 6.92 Å². The molecule has 0 amide bonds. The largest absolute Gasteiger partial charge is 0.507 e. The van der Waals surface area contributed by atoms with Crippen molar-refractivity contribution >= 4 is 11.8 Å². The van der Waals surface area contributed by atoms with E-state index in [4.69, 9.17) is 4.52 Å². The smallest absolute Gasteiger partial charge is 0.261 e. The second-order valence-electron chi connectivity index (χ2n) is 4.09. The van der Waals surface area contributed by atoms with Crippen molar-refractivity contribution in [1.82, 2.24) is 10.1 Å². The molecule has 0 spiro atoms. The Kier molecular flexibility index (Phi) is 4.25. The lowest BCUT2D eigenvalue weighted by Crippen LogP contribution is -1.86. The number of hydrogen-bond donors (Lipinski definition) is 1. The first-order valence-corrected chi connectivity index (χ1v) is 7.06. The maximum atomic E-state index is 9.78. The maximum absolute atomic E-state index is 9.78. The van der Waals surface area contributed by atoms with Crippen molar-refractivity contribution in [3.63, 3.8) is 0 Å². The van der Waals surface area contributed by atoms with Gasteiger partial charge in [-0.15, -0.1) is 0 Å². The molecule has 0 saturated carbocycles. The Hall–Kier alpha value is -1.49. The number of phenols is 1. The Bertz CT molecular complexity index is 525. The van der Waals surface area contributed by atoms with E-state index >= 15 is 0 Å². The fraction of sp³-hybridized carbons (Fsp3) is 0.385. The first kappa shape index (κ1) is 13.0. The molecule has 5 heteroatoms. The van der Waals surface area contributed by atoms with Crippen molar-refractivity contribution in [3.05, 3.63) is 29.6 Å². The Morgan fingerprint density at radius 2 is 2.22 bits per heavy atom. The first-order chi connectivity index (χ1) is 8.70. The minimum absolute atomic E-state index is 0.164. The predicted molar refractivity (Wildman–Crippen MR) is 72.6 cm³/mol. The van der Waals surface area contributed by atoms with E-state index in [0.29, 0.717) is 17.3 Å². The summed E-state index contributed by atoms with van der Waals surface area (Å²) in [4.78, 5) is 4.30. The average molecular weight is 264 g/mol. The topological polar surface area (TPSA) is 59.2 Å². The van der Waals surface area contributed by atoms with E-state index in [2.05, 4.69) is 17.1 Å². The molecule has 0 radical (unpaired) electrons. The maximum Gasteiger partial charge on any atom is 0.261 e. The molecule has 2 aromatic rings. The molecule has 0 saturated heterocycles. The third kappa shape index (κ3) is 3.04. The van der Waals surface area contributed by atoms with E-state index in [1.54, 1.807) is 17.8 Å². The molecule has 1 N–H and O–H groups in total. The number of aromatic hydroxyl groups is 1. The molecule has 0 aliphatic heterocycles. The average Bonchev–Trinajstić information content (AvgIpc) is 2.81. The van der Waals surface area contributed by atoms with Gasteiger partial charge < -0.3 is 9.63 Å². The van der Waals surface area contributed by atoms with Crippen molar-refractivity contribution < 1.29 is 9.63 Å². The second-order valence-corrected chi connectivity index (χ2v) is 5.19. The standard InChI is InChI=1S/C13H16N2O2S/c1-3-6-18-8-12-14-13(17-15-12)10-7-9(2)4-5-11(10)16/h4-5,7,16H,3,6,8H2,1-2H3. The summed E-state index contributed by atoms with van der Waals surface area (Å²) in [5.41, 5.74) is 1.64. The van der Waals surface area contributed by atoms with Crippen LogP contribution < -0.4 is 0 Å². The van der Waals surface area contributed by atoms with Gasteiger partial charge in [-0.3, -0.25) is 0 Å². The van der Waals surface area contributed by atoms with E-state index < -0.39 is 0 Å². The summed E-state index contributed by atoms with van der Waals surface area (Å²) >= 11 is 1.77. The Morgan fingerprint density at radius 1 is 1.39 bits per heavy atom. The van der Waals surface area contributed by atoms with Crippen LogP contribution in [-0.4, -0.2) is 21.0 Å². The van der Waals surface area contributed by atoms with Gasteiger partial charge in [-0.1, -0.05) is 23.7 Å².